The van der Waals surface area contributed by atoms with E-state index in [1.165, 1.54) is 26.0 Å². The van der Waals surface area contributed by atoms with Crippen LogP contribution >= 0.6 is 12.2 Å². The Kier molecular flexibility index (Phi) is 14.0. The molecule has 1 atom stereocenters. The highest BCUT2D eigenvalue weighted by molar-refractivity contribution is 7.80. The van der Waals surface area contributed by atoms with Crippen molar-refractivity contribution in [2.24, 2.45) is 5.41 Å². The van der Waals surface area contributed by atoms with E-state index < -0.39 is 101 Å². The zero-order valence-electron chi connectivity index (χ0n) is 30.9. The highest BCUT2D eigenvalue weighted by Gasteiger charge is 2.40. The molecule has 0 saturated heterocycles. The zero-order valence-corrected chi connectivity index (χ0v) is 31.7. The van der Waals surface area contributed by atoms with E-state index in [1.807, 2.05) is 20.8 Å². The van der Waals surface area contributed by atoms with Crippen molar-refractivity contribution in [3.63, 3.8) is 0 Å². The van der Waals surface area contributed by atoms with Gasteiger partial charge in [-0.1, -0.05) is 20.8 Å². The lowest BCUT2D eigenvalue weighted by Crippen LogP contribution is -2.54. The van der Waals surface area contributed by atoms with Gasteiger partial charge in [0.15, 0.2) is 28.3 Å². The van der Waals surface area contributed by atoms with Crippen LogP contribution in [0.3, 0.4) is 0 Å². The molecule has 0 spiro atoms. The molecular weight excluding hydrogens is 762 g/mol. The van der Waals surface area contributed by atoms with Crippen molar-refractivity contribution in [2.75, 3.05) is 36.7 Å². The van der Waals surface area contributed by atoms with Crippen molar-refractivity contribution in [1.82, 2.24) is 10.3 Å². The van der Waals surface area contributed by atoms with E-state index in [-0.39, 0.29) is 22.7 Å². The summed E-state index contributed by atoms with van der Waals surface area (Å²) in [6, 6.07) is 6.70. The summed E-state index contributed by atoms with van der Waals surface area (Å²) < 4.78 is 126. The number of halogens is 8. The van der Waals surface area contributed by atoms with Gasteiger partial charge < -0.3 is 29.4 Å². The lowest BCUT2D eigenvalue weighted by molar-refractivity contribution is -0.140. The number of thiocarbonyl (C=S) groups is 1. The van der Waals surface area contributed by atoms with Crippen LogP contribution in [0.4, 0.5) is 46.5 Å². The maximum Gasteiger partial charge on any atom is 0.420 e. The Morgan fingerprint density at radius 2 is 1.69 bits per heavy atom. The fraction of sp³-hybridized carbons (Fsp3) is 0.432. The van der Waals surface area contributed by atoms with Crippen LogP contribution in [0.1, 0.15) is 59.1 Å². The topological polar surface area (TPSA) is 108 Å². The Labute approximate surface area is 318 Å². The third-order valence-electron chi connectivity index (χ3n) is 8.47. The summed E-state index contributed by atoms with van der Waals surface area (Å²) in [6.45, 7) is 7.86. The SMILES string of the molecule is CC(NC(=O)COCC(F)(F)CCOc1ccc(-c2ncc(N(C(=S)N(C)c3ccc(C#N)c(C(F)(F)F)c3F)C(C)(C)C=O)cc2F)cc1F)C(C)(C)C. The highest BCUT2D eigenvalue weighted by atomic mass is 32.1. The molecule has 3 aromatic rings. The predicted molar refractivity (Wildman–Crippen MR) is 192 cm³/mol. The first kappa shape index (κ1) is 44.5. The molecule has 3 rings (SSSR count). The molecule has 0 aliphatic carbocycles. The standard InChI is InChI=1S/C37H39F8N5O4S/c1-21(34(2,3)4)48-29(52)18-53-20-36(41,42)12-13-54-28-11-9-22(14-25(28)38)32-26(39)15-24(17-47-32)50(35(5,6)19-51)33(55)49(7)27-10-8-23(16-46)30(31(27)40)37(43,44)45/h8-11,14-15,17,19,21H,12-13,18,20H2,1-7H3,(H,48,52). The quantitative estimate of drug-likeness (QED) is 0.0981. The molecule has 55 heavy (non-hydrogen) atoms. The molecule has 1 amide bonds. The molecule has 2 aromatic carbocycles. The minimum absolute atomic E-state index is 0.105. The van der Waals surface area contributed by atoms with Crippen LogP contribution in [0.5, 0.6) is 5.75 Å². The number of rotatable bonds is 14. The average molecular weight is 802 g/mol. The monoisotopic (exact) mass is 801 g/mol. The lowest BCUT2D eigenvalue weighted by Gasteiger charge is -2.39. The molecule has 0 fully saturated rings. The predicted octanol–water partition coefficient (Wildman–Crippen LogP) is 8.23. The van der Waals surface area contributed by atoms with Gasteiger partial charge in [0, 0.05) is 31.1 Å². The minimum Gasteiger partial charge on any atom is -0.490 e. The number of aldehydes is 1. The van der Waals surface area contributed by atoms with Crippen LogP contribution in [-0.2, 0) is 20.5 Å². The first-order valence-corrected chi connectivity index (χ1v) is 16.9. The molecule has 9 nitrogen and oxygen atoms in total. The van der Waals surface area contributed by atoms with Crippen molar-refractivity contribution in [3.05, 3.63) is 71.2 Å². The Bertz CT molecular complexity index is 1950. The first-order chi connectivity index (χ1) is 25.3. The fourth-order valence-corrected chi connectivity index (χ4v) is 5.33. The second kappa shape index (κ2) is 17.3. The van der Waals surface area contributed by atoms with Crippen molar-refractivity contribution in [3.8, 4) is 23.1 Å². The van der Waals surface area contributed by atoms with E-state index in [1.54, 1.807) is 6.92 Å². The summed E-state index contributed by atoms with van der Waals surface area (Å²) in [5.74, 6) is -8.30. The molecule has 0 saturated carbocycles. The summed E-state index contributed by atoms with van der Waals surface area (Å²) in [7, 11) is 1.11. The number of nitriles is 1. The van der Waals surface area contributed by atoms with Crippen LogP contribution in [-0.4, -0.2) is 66.7 Å². The summed E-state index contributed by atoms with van der Waals surface area (Å²) in [4.78, 5) is 30.0. The van der Waals surface area contributed by atoms with E-state index in [0.29, 0.717) is 6.29 Å². The Balaban J connectivity index is 1.76. The number of carbonyl (C=O) groups excluding carboxylic acids is 2. The van der Waals surface area contributed by atoms with Gasteiger partial charge in [0.25, 0.3) is 5.92 Å². The van der Waals surface area contributed by atoms with E-state index >= 15 is 8.78 Å². The van der Waals surface area contributed by atoms with Crippen LogP contribution in [0.25, 0.3) is 11.3 Å². The van der Waals surface area contributed by atoms with Gasteiger partial charge in [-0.25, -0.2) is 22.0 Å². The number of hydrogen-bond donors (Lipinski definition) is 1. The van der Waals surface area contributed by atoms with Gasteiger partial charge in [-0.15, -0.1) is 0 Å². The molecule has 1 unspecified atom stereocenters. The number of ether oxygens (including phenoxy) is 2. The number of carbonyl (C=O) groups is 2. The van der Waals surface area contributed by atoms with E-state index in [4.69, 9.17) is 27.0 Å². The van der Waals surface area contributed by atoms with Gasteiger partial charge >= 0.3 is 6.18 Å². The second-order valence-corrected chi connectivity index (χ2v) is 14.5. The van der Waals surface area contributed by atoms with Crippen LogP contribution in [0, 0.1) is 34.2 Å². The summed E-state index contributed by atoms with van der Waals surface area (Å²) in [6.07, 6.45) is -4.67. The minimum atomic E-state index is -5.24. The van der Waals surface area contributed by atoms with Crippen LogP contribution < -0.4 is 19.9 Å². The third kappa shape index (κ3) is 11.1. The Hall–Kier alpha value is -4.89. The number of anilines is 2. The molecule has 0 aliphatic rings. The van der Waals surface area contributed by atoms with Gasteiger partial charge in [-0.2, -0.15) is 18.4 Å². The number of hydrogen-bond acceptors (Lipinski definition) is 7. The smallest absolute Gasteiger partial charge is 0.420 e. The van der Waals surface area contributed by atoms with Gasteiger partial charge in [-0.05, 0) is 68.7 Å². The zero-order chi connectivity index (χ0) is 41.7. The van der Waals surface area contributed by atoms with Crippen molar-refractivity contribution >= 4 is 40.9 Å². The number of benzene rings is 2. The van der Waals surface area contributed by atoms with Crippen molar-refractivity contribution in [1.29, 1.82) is 5.26 Å². The fourth-order valence-electron chi connectivity index (χ4n) is 4.89. The van der Waals surface area contributed by atoms with E-state index in [0.717, 1.165) is 53.4 Å². The summed E-state index contributed by atoms with van der Waals surface area (Å²) in [5.41, 5.74) is -6.03. The number of aromatic nitrogens is 1. The van der Waals surface area contributed by atoms with E-state index in [9.17, 15) is 35.9 Å². The van der Waals surface area contributed by atoms with Crippen LogP contribution in [0.15, 0.2) is 42.6 Å². The molecule has 1 heterocycles. The maximum absolute atomic E-state index is 15.6. The molecule has 0 radical (unpaired) electrons. The normalized spacial score (nSPS) is 12.8. The number of amides is 1. The number of pyridine rings is 1. The Morgan fingerprint density at radius 3 is 2.24 bits per heavy atom. The van der Waals surface area contributed by atoms with Gasteiger partial charge in [-0.3, -0.25) is 9.78 Å². The molecule has 1 aromatic heterocycles. The van der Waals surface area contributed by atoms with Crippen LogP contribution in [0.2, 0.25) is 0 Å². The van der Waals surface area contributed by atoms with Gasteiger partial charge in [0.1, 0.15) is 30.8 Å². The number of nitrogens with zero attached hydrogens (tertiary/aromatic N) is 4. The molecule has 18 heteroatoms. The van der Waals surface area contributed by atoms with Gasteiger partial charge in [0.2, 0.25) is 5.91 Å². The van der Waals surface area contributed by atoms with Crippen molar-refractivity contribution < 1.29 is 54.2 Å². The molecular formula is C37H39F8N5O4S. The third-order valence-corrected chi connectivity index (χ3v) is 8.92. The number of alkyl halides is 5. The summed E-state index contributed by atoms with van der Waals surface area (Å²) in [5, 5.41) is 11.3. The highest BCUT2D eigenvalue weighted by Crippen LogP contribution is 2.39. The van der Waals surface area contributed by atoms with Crippen molar-refractivity contribution in [2.45, 2.75) is 71.6 Å². The molecule has 0 bridgehead atoms. The van der Waals surface area contributed by atoms with E-state index in [2.05, 4.69) is 10.3 Å². The molecule has 298 valence electrons. The Morgan fingerprint density at radius 1 is 1.04 bits per heavy atom. The first-order valence-electron chi connectivity index (χ1n) is 16.5. The lowest BCUT2D eigenvalue weighted by atomic mass is 9.88. The van der Waals surface area contributed by atoms with Gasteiger partial charge in [0.05, 0.1) is 41.4 Å². The number of nitrogens with one attached hydrogen (secondary N) is 1. The molecule has 0 aliphatic heterocycles. The summed E-state index contributed by atoms with van der Waals surface area (Å²) >= 11 is 5.44. The largest absolute Gasteiger partial charge is 0.490 e. The maximum atomic E-state index is 15.6. The molecule has 1 N–H and O–H groups in total. The second-order valence-electron chi connectivity index (χ2n) is 14.2. The average Bonchev–Trinajstić information content (AvgIpc) is 3.07.